The summed E-state index contributed by atoms with van der Waals surface area (Å²) in [7, 11) is 7.61. The average Bonchev–Trinajstić information content (AvgIpc) is 3.39. The minimum Gasteiger partial charge on any atom is -0.355 e. The summed E-state index contributed by atoms with van der Waals surface area (Å²) in [4.78, 5) is 2.22. The molecule has 1 aliphatic rings. The molecule has 6 heteroatoms. The Hall–Kier alpha value is -2.85. The van der Waals surface area contributed by atoms with Gasteiger partial charge in [-0.05, 0) is 85.9 Å². The van der Waals surface area contributed by atoms with Crippen LogP contribution >= 0.6 is 0 Å². The van der Waals surface area contributed by atoms with Crippen LogP contribution in [0.4, 0.5) is 4.39 Å². The van der Waals surface area contributed by atoms with E-state index in [4.69, 9.17) is 7.74 Å². The zero-order valence-electron chi connectivity index (χ0n) is 17.6. The first-order chi connectivity index (χ1) is 15.1. The Morgan fingerprint density at radius 2 is 1.87 bits per heavy atom. The van der Waals surface area contributed by atoms with Crippen LogP contribution in [0.5, 0.6) is 0 Å². The minimum atomic E-state index is -0.246. The second-order valence-electron chi connectivity index (χ2n) is 8.57. The van der Waals surface area contributed by atoms with Crippen molar-refractivity contribution in [2.75, 3.05) is 13.1 Å². The fourth-order valence-corrected chi connectivity index (χ4v) is 5.02. The fraction of sp³-hybridized carbons (Fsp3) is 0.240. The summed E-state index contributed by atoms with van der Waals surface area (Å²) in [6.07, 6.45) is 3.92. The van der Waals surface area contributed by atoms with Gasteiger partial charge in [0.05, 0.1) is 17.4 Å². The third-order valence-corrected chi connectivity index (χ3v) is 6.54. The molecule has 1 aliphatic heterocycles. The van der Waals surface area contributed by atoms with Gasteiger partial charge in [0.25, 0.3) is 0 Å². The maximum atomic E-state index is 13.4. The molecule has 3 aromatic carbocycles. The molecule has 31 heavy (non-hydrogen) atoms. The summed E-state index contributed by atoms with van der Waals surface area (Å²) in [6.45, 7) is 4.03. The number of hydrogen-bond acceptors (Lipinski definition) is 2. The zero-order chi connectivity index (χ0) is 21.4. The number of halogens is 1. The van der Waals surface area contributed by atoms with Crippen LogP contribution in [-0.4, -0.2) is 42.7 Å². The lowest BCUT2D eigenvalue weighted by atomic mass is 9.65. The van der Waals surface area contributed by atoms with E-state index in [1.54, 1.807) is 19.4 Å². The van der Waals surface area contributed by atoms with Crippen LogP contribution in [0, 0.1) is 12.7 Å². The summed E-state index contributed by atoms with van der Waals surface area (Å²) in [5.41, 5.74) is 5.81. The number of benzene rings is 3. The number of fused-ring (bicyclic) bond motifs is 1. The molecule has 0 bridgehead atoms. The topological polar surface area (TPSA) is 21.1 Å². The van der Waals surface area contributed by atoms with Gasteiger partial charge in [-0.15, -0.1) is 0 Å². The first-order valence-corrected chi connectivity index (χ1v) is 10.7. The smallest absolute Gasteiger partial charge is 0.148 e. The Balaban J connectivity index is 1.60. The lowest BCUT2D eigenvalue weighted by molar-refractivity contribution is 0.430. The number of rotatable bonds is 5. The highest BCUT2D eigenvalue weighted by Gasteiger charge is 2.40. The van der Waals surface area contributed by atoms with E-state index in [0.717, 1.165) is 42.5 Å². The van der Waals surface area contributed by atoms with Gasteiger partial charge in [0.15, 0.2) is 0 Å². The summed E-state index contributed by atoms with van der Waals surface area (Å²) < 4.78 is 15.2. The largest absolute Gasteiger partial charge is 0.355 e. The lowest BCUT2D eigenvalue weighted by Gasteiger charge is -2.32. The summed E-state index contributed by atoms with van der Waals surface area (Å²) in [5.74, 6) is -0.246. The molecule has 1 unspecified atom stereocenters. The van der Waals surface area contributed by atoms with E-state index < -0.39 is 0 Å². The maximum absolute atomic E-state index is 13.4. The highest BCUT2D eigenvalue weighted by atomic mass is 19.1. The van der Waals surface area contributed by atoms with Gasteiger partial charge in [0, 0.05) is 18.5 Å². The van der Waals surface area contributed by atoms with E-state index in [0.29, 0.717) is 0 Å². The van der Waals surface area contributed by atoms with E-state index in [1.807, 2.05) is 10.9 Å². The SMILES string of the molecule is [B][B]N1CCC(Cc2ccccc2)(c2cc3cnn(-c4ccc(F)cc4)c3cc2C)C1. The fourth-order valence-electron chi connectivity index (χ4n) is 5.02. The van der Waals surface area contributed by atoms with Crippen molar-refractivity contribution in [2.45, 2.75) is 25.2 Å². The molecule has 4 aromatic rings. The van der Waals surface area contributed by atoms with Crippen molar-refractivity contribution in [2.24, 2.45) is 0 Å². The number of aryl methyl sites for hydroxylation is 1. The Bertz CT molecular complexity index is 1210. The first kappa shape index (κ1) is 20.1. The number of aromatic nitrogens is 2. The quantitative estimate of drug-likeness (QED) is 0.460. The molecule has 1 fully saturated rings. The molecule has 151 valence electrons. The van der Waals surface area contributed by atoms with Gasteiger partial charge < -0.3 is 4.81 Å². The predicted molar refractivity (Wildman–Crippen MR) is 125 cm³/mol. The highest BCUT2D eigenvalue weighted by molar-refractivity contribution is 6.87. The number of hydrogen-bond donors (Lipinski definition) is 0. The van der Waals surface area contributed by atoms with Crippen LogP contribution in [0.3, 0.4) is 0 Å². The van der Waals surface area contributed by atoms with Crippen LogP contribution in [0.2, 0.25) is 0 Å². The molecule has 0 amide bonds. The maximum Gasteiger partial charge on any atom is 0.148 e. The minimum absolute atomic E-state index is 0.00648. The molecule has 0 aliphatic carbocycles. The highest BCUT2D eigenvalue weighted by Crippen LogP contribution is 2.40. The molecule has 0 spiro atoms. The monoisotopic (exact) mass is 406 g/mol. The van der Waals surface area contributed by atoms with Gasteiger partial charge in [-0.3, -0.25) is 0 Å². The second kappa shape index (κ2) is 8.01. The summed E-state index contributed by atoms with van der Waals surface area (Å²) in [6, 6.07) is 21.6. The van der Waals surface area contributed by atoms with Gasteiger partial charge >= 0.3 is 0 Å². The summed E-state index contributed by atoms with van der Waals surface area (Å²) >= 11 is 0. The molecule has 0 saturated carbocycles. The number of nitrogens with zero attached hydrogens (tertiary/aromatic N) is 3. The second-order valence-corrected chi connectivity index (χ2v) is 8.57. The third kappa shape index (κ3) is 3.70. The zero-order valence-corrected chi connectivity index (χ0v) is 17.6. The first-order valence-electron chi connectivity index (χ1n) is 10.7. The van der Waals surface area contributed by atoms with Gasteiger partial charge in [0.1, 0.15) is 13.1 Å². The van der Waals surface area contributed by atoms with Crippen molar-refractivity contribution in [1.82, 2.24) is 14.6 Å². The standard InChI is InChI=1S/C25H23B2FN3/c1-18-13-24-20(16-29-31(24)22-9-7-21(28)8-10-22)14-23(18)25(11-12-30(17-25)27-26)15-19-5-3-2-4-6-19/h2-10,13-14,16H,11-12,15,17H2,1H3. The Labute approximate surface area is 184 Å². The van der Waals surface area contributed by atoms with Crippen molar-refractivity contribution < 1.29 is 4.39 Å². The molecule has 5 rings (SSSR count). The van der Waals surface area contributed by atoms with Crippen LogP contribution in [0.15, 0.2) is 72.9 Å². The Morgan fingerprint density at radius 3 is 2.58 bits per heavy atom. The van der Waals surface area contributed by atoms with Gasteiger partial charge in [-0.25, -0.2) is 9.07 Å². The van der Waals surface area contributed by atoms with E-state index >= 15 is 0 Å². The molecule has 1 atom stereocenters. The molecule has 3 radical (unpaired) electrons. The molecule has 3 nitrogen and oxygen atoms in total. The predicted octanol–water partition coefficient (Wildman–Crippen LogP) is 4.36. The van der Waals surface area contributed by atoms with Crippen LogP contribution < -0.4 is 0 Å². The van der Waals surface area contributed by atoms with Crippen molar-refractivity contribution in [3.05, 3.63) is 95.4 Å². The van der Waals surface area contributed by atoms with Gasteiger partial charge in [-0.1, -0.05) is 30.3 Å². The molecule has 1 aromatic heterocycles. The van der Waals surface area contributed by atoms with Crippen molar-refractivity contribution >= 4 is 25.9 Å². The normalized spacial score (nSPS) is 19.2. The van der Waals surface area contributed by atoms with Gasteiger partial charge in [0.2, 0.25) is 0 Å². The van der Waals surface area contributed by atoms with Crippen LogP contribution in [-0.2, 0) is 11.8 Å². The Morgan fingerprint density at radius 1 is 1.10 bits per heavy atom. The lowest BCUT2D eigenvalue weighted by Crippen LogP contribution is -2.35. The van der Waals surface area contributed by atoms with Crippen molar-refractivity contribution in [3.8, 4) is 5.69 Å². The molecular weight excluding hydrogens is 383 g/mol. The van der Waals surface area contributed by atoms with Crippen molar-refractivity contribution in [3.63, 3.8) is 0 Å². The Kier molecular flexibility index (Phi) is 5.19. The van der Waals surface area contributed by atoms with E-state index in [9.17, 15) is 4.39 Å². The molecular formula is C25H23B2FN3. The molecule has 2 heterocycles. The average molecular weight is 406 g/mol. The third-order valence-electron chi connectivity index (χ3n) is 6.54. The van der Waals surface area contributed by atoms with E-state index in [2.05, 4.69) is 59.3 Å². The van der Waals surface area contributed by atoms with E-state index in [1.165, 1.54) is 28.8 Å². The molecule has 1 saturated heterocycles. The summed E-state index contributed by atoms with van der Waals surface area (Å²) in [5, 5.41) is 5.69. The van der Waals surface area contributed by atoms with Crippen LogP contribution in [0.25, 0.3) is 16.6 Å². The van der Waals surface area contributed by atoms with Crippen molar-refractivity contribution in [1.29, 1.82) is 0 Å². The van der Waals surface area contributed by atoms with Crippen LogP contribution in [0.1, 0.15) is 23.1 Å². The molecule has 0 N–H and O–H groups in total. The van der Waals surface area contributed by atoms with Gasteiger partial charge in [-0.2, -0.15) is 5.10 Å². The van der Waals surface area contributed by atoms with E-state index in [-0.39, 0.29) is 11.2 Å².